The first-order valence-electron chi connectivity index (χ1n) is 7.35. The molecule has 0 aliphatic heterocycles. The van der Waals surface area contributed by atoms with E-state index in [1.807, 2.05) is 0 Å². The molecule has 0 fully saturated rings. The van der Waals surface area contributed by atoms with Crippen molar-refractivity contribution in [3.8, 4) is 0 Å². The molecular formula is C15H31NO2. The summed E-state index contributed by atoms with van der Waals surface area (Å²) in [6.45, 7) is 12.6. The van der Waals surface area contributed by atoms with Gasteiger partial charge in [0.2, 0.25) is 0 Å². The summed E-state index contributed by atoms with van der Waals surface area (Å²) < 4.78 is 0. The molecule has 1 N–H and O–H groups in total. The Bertz CT molecular complexity index is 215. The van der Waals surface area contributed by atoms with Crippen molar-refractivity contribution in [2.45, 2.75) is 66.3 Å². The fraction of sp³-hybridized carbons (Fsp3) is 0.933. The summed E-state index contributed by atoms with van der Waals surface area (Å²) in [4.78, 5) is 13.6. The Balaban J connectivity index is 4.52. The van der Waals surface area contributed by atoms with Crippen LogP contribution in [0.25, 0.3) is 0 Å². The second-order valence-electron chi connectivity index (χ2n) is 6.04. The third-order valence-corrected chi connectivity index (χ3v) is 3.28. The number of rotatable bonds is 10. The van der Waals surface area contributed by atoms with Crippen LogP contribution in [0.3, 0.4) is 0 Å². The van der Waals surface area contributed by atoms with Crippen LogP contribution < -0.4 is 0 Å². The van der Waals surface area contributed by atoms with E-state index < -0.39 is 5.97 Å². The van der Waals surface area contributed by atoms with Gasteiger partial charge in [-0.1, -0.05) is 41.0 Å². The van der Waals surface area contributed by atoms with Crippen LogP contribution in [0.4, 0.5) is 0 Å². The lowest BCUT2D eigenvalue weighted by Gasteiger charge is -2.30. The molecule has 3 heteroatoms. The second kappa shape index (κ2) is 9.37. The zero-order valence-electron chi connectivity index (χ0n) is 12.8. The SMILES string of the molecule is CCCC(C(=O)O)N(CCC(C)C)CCC(C)C. The van der Waals surface area contributed by atoms with Crippen molar-refractivity contribution in [1.82, 2.24) is 4.90 Å². The van der Waals surface area contributed by atoms with E-state index >= 15 is 0 Å². The summed E-state index contributed by atoms with van der Waals surface area (Å²) in [6.07, 6.45) is 3.83. The first kappa shape index (κ1) is 17.4. The van der Waals surface area contributed by atoms with E-state index in [4.69, 9.17) is 0 Å². The highest BCUT2D eigenvalue weighted by Gasteiger charge is 2.24. The number of hydrogen-bond acceptors (Lipinski definition) is 2. The molecule has 0 saturated carbocycles. The lowest BCUT2D eigenvalue weighted by atomic mass is 10.0. The molecule has 0 aliphatic carbocycles. The highest BCUT2D eigenvalue weighted by molar-refractivity contribution is 5.73. The van der Waals surface area contributed by atoms with Gasteiger partial charge in [-0.05, 0) is 44.2 Å². The standard InChI is InChI=1S/C15H31NO2/c1-6-7-14(15(17)18)16(10-8-12(2)3)11-9-13(4)5/h12-14H,6-11H2,1-5H3,(H,17,18). The van der Waals surface area contributed by atoms with Gasteiger partial charge in [0.15, 0.2) is 0 Å². The average molecular weight is 257 g/mol. The molecule has 0 bridgehead atoms. The largest absolute Gasteiger partial charge is 0.480 e. The number of carbonyl (C=O) groups is 1. The molecule has 1 atom stereocenters. The molecular weight excluding hydrogens is 226 g/mol. The van der Waals surface area contributed by atoms with Gasteiger partial charge in [0.25, 0.3) is 0 Å². The van der Waals surface area contributed by atoms with E-state index in [9.17, 15) is 9.90 Å². The summed E-state index contributed by atoms with van der Waals surface area (Å²) in [6, 6.07) is -0.299. The van der Waals surface area contributed by atoms with Gasteiger partial charge in [-0.3, -0.25) is 9.69 Å². The topological polar surface area (TPSA) is 40.5 Å². The minimum absolute atomic E-state index is 0.299. The number of hydrogen-bond donors (Lipinski definition) is 1. The van der Waals surface area contributed by atoms with Crippen molar-refractivity contribution in [2.24, 2.45) is 11.8 Å². The average Bonchev–Trinajstić information content (AvgIpc) is 2.26. The molecule has 0 heterocycles. The van der Waals surface area contributed by atoms with Gasteiger partial charge in [0, 0.05) is 0 Å². The maximum atomic E-state index is 11.4. The molecule has 0 spiro atoms. The molecule has 1 unspecified atom stereocenters. The van der Waals surface area contributed by atoms with Gasteiger partial charge in [-0.2, -0.15) is 0 Å². The van der Waals surface area contributed by atoms with E-state index in [1.165, 1.54) is 0 Å². The van der Waals surface area contributed by atoms with Crippen LogP contribution in [0.5, 0.6) is 0 Å². The third kappa shape index (κ3) is 7.70. The Kier molecular flexibility index (Phi) is 9.08. The summed E-state index contributed by atoms with van der Waals surface area (Å²) in [5.41, 5.74) is 0. The molecule has 0 aromatic rings. The molecule has 0 saturated heterocycles. The smallest absolute Gasteiger partial charge is 0.320 e. The van der Waals surface area contributed by atoms with Gasteiger partial charge in [0.1, 0.15) is 6.04 Å². The Hall–Kier alpha value is -0.570. The Morgan fingerprint density at radius 2 is 1.44 bits per heavy atom. The lowest BCUT2D eigenvalue weighted by molar-refractivity contribution is -0.143. The van der Waals surface area contributed by atoms with Crippen LogP contribution >= 0.6 is 0 Å². The zero-order valence-corrected chi connectivity index (χ0v) is 12.8. The predicted molar refractivity (Wildman–Crippen MR) is 76.8 cm³/mol. The molecule has 0 rings (SSSR count). The molecule has 108 valence electrons. The predicted octanol–water partition coefficient (Wildman–Crippen LogP) is 3.63. The fourth-order valence-corrected chi connectivity index (χ4v) is 2.01. The van der Waals surface area contributed by atoms with Gasteiger partial charge in [0.05, 0.1) is 0 Å². The number of nitrogens with zero attached hydrogens (tertiary/aromatic N) is 1. The van der Waals surface area contributed by atoms with Gasteiger partial charge in [-0.15, -0.1) is 0 Å². The summed E-state index contributed by atoms with van der Waals surface area (Å²) in [5.74, 6) is 0.592. The highest BCUT2D eigenvalue weighted by Crippen LogP contribution is 2.13. The van der Waals surface area contributed by atoms with Gasteiger partial charge in [-0.25, -0.2) is 0 Å². The summed E-state index contributed by atoms with van der Waals surface area (Å²) in [7, 11) is 0. The zero-order chi connectivity index (χ0) is 14.1. The van der Waals surface area contributed by atoms with Crippen molar-refractivity contribution < 1.29 is 9.90 Å². The molecule has 0 radical (unpaired) electrons. The van der Waals surface area contributed by atoms with Crippen molar-refractivity contribution in [2.75, 3.05) is 13.1 Å². The summed E-state index contributed by atoms with van der Waals surface area (Å²) in [5, 5.41) is 9.36. The molecule has 0 aromatic carbocycles. The first-order valence-corrected chi connectivity index (χ1v) is 7.35. The van der Waals surface area contributed by atoms with Crippen molar-refractivity contribution >= 4 is 5.97 Å². The van der Waals surface area contributed by atoms with Crippen molar-refractivity contribution in [1.29, 1.82) is 0 Å². The maximum absolute atomic E-state index is 11.4. The summed E-state index contributed by atoms with van der Waals surface area (Å²) >= 11 is 0. The normalized spacial score (nSPS) is 13.6. The van der Waals surface area contributed by atoms with Crippen molar-refractivity contribution in [3.63, 3.8) is 0 Å². The van der Waals surface area contributed by atoms with Crippen molar-refractivity contribution in [3.05, 3.63) is 0 Å². The second-order valence-corrected chi connectivity index (χ2v) is 6.04. The van der Waals surface area contributed by atoms with E-state index in [1.54, 1.807) is 0 Å². The highest BCUT2D eigenvalue weighted by atomic mass is 16.4. The maximum Gasteiger partial charge on any atom is 0.320 e. The van der Waals surface area contributed by atoms with Crippen LogP contribution in [0.2, 0.25) is 0 Å². The Morgan fingerprint density at radius 1 is 1.00 bits per heavy atom. The van der Waals surface area contributed by atoms with Crippen LogP contribution in [0.1, 0.15) is 60.3 Å². The molecule has 18 heavy (non-hydrogen) atoms. The number of carboxylic acid groups (broad SMARTS) is 1. The third-order valence-electron chi connectivity index (χ3n) is 3.28. The molecule has 3 nitrogen and oxygen atoms in total. The van der Waals surface area contributed by atoms with E-state index in [-0.39, 0.29) is 6.04 Å². The van der Waals surface area contributed by atoms with E-state index in [0.717, 1.165) is 38.8 Å². The molecule has 0 aliphatic rings. The van der Waals surface area contributed by atoms with Crippen LogP contribution in [0.15, 0.2) is 0 Å². The van der Waals surface area contributed by atoms with Crippen LogP contribution in [-0.4, -0.2) is 35.1 Å². The van der Waals surface area contributed by atoms with Gasteiger partial charge >= 0.3 is 5.97 Å². The minimum Gasteiger partial charge on any atom is -0.480 e. The number of aliphatic carboxylic acids is 1. The fourth-order valence-electron chi connectivity index (χ4n) is 2.01. The van der Waals surface area contributed by atoms with Gasteiger partial charge < -0.3 is 5.11 Å². The van der Waals surface area contributed by atoms with E-state index in [2.05, 4.69) is 39.5 Å². The number of carboxylic acids is 1. The Labute approximate surface area is 113 Å². The molecule has 0 aromatic heterocycles. The first-order chi connectivity index (χ1) is 8.38. The minimum atomic E-state index is -0.663. The van der Waals surface area contributed by atoms with Crippen LogP contribution in [-0.2, 0) is 4.79 Å². The quantitative estimate of drug-likeness (QED) is 0.649. The van der Waals surface area contributed by atoms with E-state index in [0.29, 0.717) is 11.8 Å². The lowest BCUT2D eigenvalue weighted by Crippen LogP contribution is -2.43. The Morgan fingerprint density at radius 3 is 1.72 bits per heavy atom. The molecule has 0 amide bonds. The van der Waals surface area contributed by atoms with Crippen LogP contribution in [0, 0.1) is 11.8 Å². The monoisotopic (exact) mass is 257 g/mol.